The van der Waals surface area contributed by atoms with Gasteiger partial charge in [0.1, 0.15) is 5.69 Å². The fraction of sp³-hybridized carbons (Fsp3) is 0.385. The molecule has 1 aliphatic heterocycles. The number of aliphatic carboxylic acids is 1. The van der Waals surface area contributed by atoms with E-state index in [1.165, 1.54) is 16.0 Å². The summed E-state index contributed by atoms with van der Waals surface area (Å²) in [5.41, 5.74) is 4.42. The van der Waals surface area contributed by atoms with Crippen LogP contribution < -0.4 is 10.6 Å². The van der Waals surface area contributed by atoms with Crippen LogP contribution in [0.2, 0.25) is 0 Å². The number of carbonyl (C=O) groups excluding carboxylic acids is 1. The molecule has 0 aromatic carbocycles. The Kier molecular flexibility index (Phi) is 3.57. The molecule has 1 fully saturated rings. The number of hydrogen-bond donors (Lipinski definition) is 2. The van der Waals surface area contributed by atoms with Gasteiger partial charge in [0.15, 0.2) is 10.7 Å². The van der Waals surface area contributed by atoms with Crippen LogP contribution in [-0.2, 0) is 10.3 Å². The molecule has 1 amide bonds. The van der Waals surface area contributed by atoms with E-state index in [0.717, 1.165) is 0 Å². The third-order valence-electron chi connectivity index (χ3n) is 3.95. The number of aromatic nitrogens is 3. The molecule has 1 aliphatic rings. The zero-order valence-corrected chi connectivity index (χ0v) is 12.5. The number of amides is 1. The highest BCUT2D eigenvalue weighted by Gasteiger charge is 2.44. The molecule has 0 saturated carbocycles. The van der Waals surface area contributed by atoms with E-state index >= 15 is 0 Å². The zero-order valence-electron chi connectivity index (χ0n) is 11.7. The van der Waals surface area contributed by atoms with E-state index < -0.39 is 17.4 Å². The number of hydrogen-bond acceptors (Lipinski definition) is 6. The maximum Gasteiger partial charge on any atom is 0.331 e. The van der Waals surface area contributed by atoms with Crippen molar-refractivity contribution in [3.63, 3.8) is 0 Å². The minimum Gasteiger partial charge on any atom is -0.479 e. The van der Waals surface area contributed by atoms with Crippen LogP contribution in [0.3, 0.4) is 0 Å². The Bertz CT molecular complexity index is 688. The summed E-state index contributed by atoms with van der Waals surface area (Å²) < 4.78 is 1.52. The SMILES string of the molecule is NC(=O)c1csc(N2CCC(C(=O)O)(n3cccn3)CC2)n1. The molecular weight excluding hydrogens is 306 g/mol. The normalized spacial score (nSPS) is 17.4. The molecule has 2 aromatic heterocycles. The van der Waals surface area contributed by atoms with Gasteiger partial charge >= 0.3 is 5.97 Å². The number of piperidine rings is 1. The molecule has 8 nitrogen and oxygen atoms in total. The summed E-state index contributed by atoms with van der Waals surface area (Å²) in [6.07, 6.45) is 4.08. The Morgan fingerprint density at radius 2 is 2.09 bits per heavy atom. The van der Waals surface area contributed by atoms with Crippen LogP contribution in [0.25, 0.3) is 0 Å². The van der Waals surface area contributed by atoms with Crippen molar-refractivity contribution >= 4 is 28.3 Å². The number of nitrogens with two attached hydrogens (primary N) is 1. The van der Waals surface area contributed by atoms with Gasteiger partial charge < -0.3 is 15.7 Å². The summed E-state index contributed by atoms with van der Waals surface area (Å²) in [5.74, 6) is -1.44. The minimum absolute atomic E-state index is 0.238. The summed E-state index contributed by atoms with van der Waals surface area (Å²) in [4.78, 5) is 29.0. The van der Waals surface area contributed by atoms with Crippen molar-refractivity contribution in [1.29, 1.82) is 0 Å². The highest BCUT2D eigenvalue weighted by molar-refractivity contribution is 7.13. The van der Waals surface area contributed by atoms with Gasteiger partial charge in [-0.1, -0.05) is 0 Å². The fourth-order valence-corrected chi connectivity index (χ4v) is 3.52. The third kappa shape index (κ3) is 2.33. The van der Waals surface area contributed by atoms with Gasteiger partial charge in [0.25, 0.3) is 5.91 Å². The van der Waals surface area contributed by atoms with Gasteiger partial charge in [-0.25, -0.2) is 9.78 Å². The summed E-state index contributed by atoms with van der Waals surface area (Å²) in [5, 5.41) is 16.0. The number of anilines is 1. The topological polar surface area (TPSA) is 114 Å². The molecule has 1 saturated heterocycles. The van der Waals surface area contributed by atoms with Gasteiger partial charge in [-0.15, -0.1) is 11.3 Å². The highest BCUT2D eigenvalue weighted by Crippen LogP contribution is 2.33. The van der Waals surface area contributed by atoms with E-state index in [-0.39, 0.29) is 5.69 Å². The number of rotatable bonds is 4. The smallest absolute Gasteiger partial charge is 0.331 e. The van der Waals surface area contributed by atoms with Crippen LogP contribution in [-0.4, -0.2) is 44.8 Å². The number of carboxylic acid groups (broad SMARTS) is 1. The average Bonchev–Trinajstić information content (AvgIpc) is 3.19. The van der Waals surface area contributed by atoms with Crippen LogP contribution in [0.5, 0.6) is 0 Å². The largest absolute Gasteiger partial charge is 0.479 e. The first kappa shape index (κ1) is 14.5. The minimum atomic E-state index is -1.02. The lowest BCUT2D eigenvalue weighted by atomic mass is 9.88. The quantitative estimate of drug-likeness (QED) is 0.848. The summed E-state index contributed by atoms with van der Waals surface area (Å²) >= 11 is 1.33. The standard InChI is InChI=1S/C13H15N5O3S/c14-10(19)9-8-22-12(16-9)17-6-2-13(3-7-17,11(20)21)18-5-1-4-15-18/h1,4-5,8H,2-3,6-7H2,(H2,14,19)(H,20,21). The van der Waals surface area contributed by atoms with Crippen molar-refractivity contribution in [1.82, 2.24) is 14.8 Å². The fourth-order valence-electron chi connectivity index (χ4n) is 2.65. The number of carboxylic acids is 1. The van der Waals surface area contributed by atoms with Gasteiger partial charge in [0.2, 0.25) is 0 Å². The maximum absolute atomic E-state index is 11.8. The van der Waals surface area contributed by atoms with Gasteiger partial charge in [0, 0.05) is 43.7 Å². The molecule has 22 heavy (non-hydrogen) atoms. The number of carbonyl (C=O) groups is 2. The molecular formula is C13H15N5O3S. The van der Waals surface area contributed by atoms with Gasteiger partial charge in [-0.3, -0.25) is 9.48 Å². The van der Waals surface area contributed by atoms with Crippen LogP contribution in [0.1, 0.15) is 23.3 Å². The molecule has 3 N–H and O–H groups in total. The Morgan fingerprint density at radius 1 is 1.36 bits per heavy atom. The van der Waals surface area contributed by atoms with E-state index in [9.17, 15) is 14.7 Å². The molecule has 0 spiro atoms. The van der Waals surface area contributed by atoms with E-state index in [0.29, 0.717) is 31.1 Å². The van der Waals surface area contributed by atoms with E-state index in [4.69, 9.17) is 5.73 Å². The molecule has 3 heterocycles. The predicted octanol–water partition coefficient (Wildman–Crippen LogP) is 0.519. The molecule has 2 aromatic rings. The Morgan fingerprint density at radius 3 is 2.59 bits per heavy atom. The Balaban J connectivity index is 1.78. The summed E-state index contributed by atoms with van der Waals surface area (Å²) in [7, 11) is 0. The second-order valence-corrected chi connectivity index (χ2v) is 5.99. The first-order chi connectivity index (χ1) is 10.5. The number of primary amides is 1. The second kappa shape index (κ2) is 5.41. The monoisotopic (exact) mass is 321 g/mol. The molecule has 0 atom stereocenters. The lowest BCUT2D eigenvalue weighted by Crippen LogP contribution is -2.51. The summed E-state index contributed by atoms with van der Waals surface area (Å²) in [6, 6.07) is 1.72. The molecule has 0 bridgehead atoms. The molecule has 0 aliphatic carbocycles. The Labute approximate surface area is 130 Å². The lowest BCUT2D eigenvalue weighted by molar-refractivity contribution is -0.149. The van der Waals surface area contributed by atoms with Crippen molar-refractivity contribution in [2.45, 2.75) is 18.4 Å². The average molecular weight is 321 g/mol. The molecule has 116 valence electrons. The van der Waals surface area contributed by atoms with Crippen LogP contribution in [0, 0.1) is 0 Å². The predicted molar refractivity (Wildman–Crippen MR) is 79.9 cm³/mol. The second-order valence-electron chi connectivity index (χ2n) is 5.15. The van der Waals surface area contributed by atoms with E-state index in [1.807, 2.05) is 4.90 Å². The van der Waals surface area contributed by atoms with E-state index in [1.54, 1.807) is 23.8 Å². The first-order valence-electron chi connectivity index (χ1n) is 6.77. The number of nitrogens with zero attached hydrogens (tertiary/aromatic N) is 4. The third-order valence-corrected chi connectivity index (χ3v) is 4.85. The molecule has 9 heteroatoms. The van der Waals surface area contributed by atoms with Gasteiger partial charge in [-0.05, 0) is 6.07 Å². The number of thiazole rings is 1. The van der Waals surface area contributed by atoms with Crippen LogP contribution in [0.4, 0.5) is 5.13 Å². The van der Waals surface area contributed by atoms with Gasteiger partial charge in [0.05, 0.1) is 0 Å². The van der Waals surface area contributed by atoms with Crippen LogP contribution in [0.15, 0.2) is 23.8 Å². The van der Waals surface area contributed by atoms with E-state index in [2.05, 4.69) is 10.1 Å². The Hall–Kier alpha value is -2.42. The van der Waals surface area contributed by atoms with Crippen molar-refractivity contribution in [2.24, 2.45) is 5.73 Å². The van der Waals surface area contributed by atoms with Gasteiger partial charge in [-0.2, -0.15) is 5.10 Å². The molecule has 0 unspecified atom stereocenters. The van der Waals surface area contributed by atoms with Crippen LogP contribution >= 0.6 is 11.3 Å². The highest BCUT2D eigenvalue weighted by atomic mass is 32.1. The maximum atomic E-state index is 11.8. The van der Waals surface area contributed by atoms with Crippen molar-refractivity contribution in [3.05, 3.63) is 29.5 Å². The van der Waals surface area contributed by atoms with Crippen molar-refractivity contribution in [2.75, 3.05) is 18.0 Å². The first-order valence-corrected chi connectivity index (χ1v) is 7.65. The zero-order chi connectivity index (χ0) is 15.7. The molecule has 0 radical (unpaired) electrons. The van der Waals surface area contributed by atoms with Crippen molar-refractivity contribution < 1.29 is 14.7 Å². The lowest BCUT2D eigenvalue weighted by Gasteiger charge is -2.38. The van der Waals surface area contributed by atoms with Crippen molar-refractivity contribution in [3.8, 4) is 0 Å². The summed E-state index contributed by atoms with van der Waals surface area (Å²) in [6.45, 7) is 1.05. The molecule has 3 rings (SSSR count).